The van der Waals surface area contributed by atoms with Gasteiger partial charge in [0.2, 0.25) is 0 Å². The maximum absolute atomic E-state index is 2.50. The van der Waals surface area contributed by atoms with Crippen molar-refractivity contribution in [2.75, 3.05) is 0 Å². The number of nitrogens with zero attached hydrogens (tertiary/aromatic N) is 1. The Labute approximate surface area is 124 Å². The minimum Gasteiger partial charge on any atom is -0.347 e. The molecule has 0 spiro atoms. The van der Waals surface area contributed by atoms with Crippen molar-refractivity contribution in [1.82, 2.24) is 4.90 Å². The zero-order valence-electron chi connectivity index (χ0n) is 13.2. The molecule has 0 bridgehead atoms. The monoisotopic (exact) mass is 269 g/mol. The zero-order chi connectivity index (χ0) is 14.4. The van der Waals surface area contributed by atoms with Crippen molar-refractivity contribution in [3.63, 3.8) is 0 Å². The summed E-state index contributed by atoms with van der Waals surface area (Å²) in [5, 5.41) is 0. The summed E-state index contributed by atoms with van der Waals surface area (Å²) >= 11 is 0. The first kappa shape index (κ1) is 14.9. The van der Waals surface area contributed by atoms with Crippen LogP contribution in [0.2, 0.25) is 0 Å². The second-order valence-electron chi connectivity index (χ2n) is 5.58. The van der Waals surface area contributed by atoms with E-state index in [4.69, 9.17) is 0 Å². The molecule has 1 aromatic carbocycles. The van der Waals surface area contributed by atoms with E-state index in [-0.39, 0.29) is 0 Å². The smallest absolute Gasteiger partial charge is 0.0472 e. The van der Waals surface area contributed by atoms with Crippen LogP contribution in [0.3, 0.4) is 0 Å². The summed E-state index contributed by atoms with van der Waals surface area (Å²) in [6.07, 6.45) is 8.35. The Bertz CT molecular complexity index is 482. The van der Waals surface area contributed by atoms with E-state index in [1.807, 2.05) is 0 Å². The molecular weight excluding hydrogens is 242 g/mol. The van der Waals surface area contributed by atoms with E-state index in [0.29, 0.717) is 0 Å². The van der Waals surface area contributed by atoms with Crippen LogP contribution in [0.15, 0.2) is 53.4 Å². The Hall–Kier alpha value is -1.50. The summed E-state index contributed by atoms with van der Waals surface area (Å²) in [4.78, 5) is 2.50. The van der Waals surface area contributed by atoms with Crippen molar-refractivity contribution in [1.29, 1.82) is 0 Å². The van der Waals surface area contributed by atoms with E-state index in [2.05, 4.69) is 62.2 Å². The van der Waals surface area contributed by atoms with Crippen LogP contribution in [0.5, 0.6) is 0 Å². The molecule has 1 heteroatoms. The molecule has 0 atom stereocenters. The van der Waals surface area contributed by atoms with Crippen LogP contribution >= 0.6 is 0 Å². The molecule has 0 amide bonds. The number of hydrogen-bond acceptors (Lipinski definition) is 1. The average Bonchev–Trinajstić information content (AvgIpc) is 2.50. The summed E-state index contributed by atoms with van der Waals surface area (Å²) < 4.78 is 0. The Morgan fingerprint density at radius 2 is 1.75 bits per heavy atom. The lowest BCUT2D eigenvalue weighted by molar-refractivity contribution is 0.412. The van der Waals surface area contributed by atoms with E-state index in [1.165, 1.54) is 31.2 Å². The van der Waals surface area contributed by atoms with Gasteiger partial charge >= 0.3 is 0 Å². The highest BCUT2D eigenvalue weighted by atomic mass is 15.1. The van der Waals surface area contributed by atoms with Gasteiger partial charge in [0, 0.05) is 18.4 Å². The largest absolute Gasteiger partial charge is 0.347 e. The topological polar surface area (TPSA) is 3.24 Å². The third kappa shape index (κ3) is 3.53. The summed E-state index contributed by atoms with van der Waals surface area (Å²) in [6.45, 7) is 7.85. The lowest BCUT2D eigenvalue weighted by Crippen LogP contribution is -2.22. The number of rotatable bonds is 6. The summed E-state index contributed by atoms with van der Waals surface area (Å²) in [7, 11) is 0. The van der Waals surface area contributed by atoms with Crippen LogP contribution in [-0.2, 0) is 6.54 Å². The first-order valence-corrected chi connectivity index (χ1v) is 7.99. The van der Waals surface area contributed by atoms with E-state index in [1.54, 1.807) is 16.8 Å². The average molecular weight is 269 g/mol. The molecule has 2 rings (SSSR count). The van der Waals surface area contributed by atoms with Gasteiger partial charge in [-0.1, -0.05) is 63.1 Å². The highest BCUT2D eigenvalue weighted by molar-refractivity contribution is 5.29. The second-order valence-corrected chi connectivity index (χ2v) is 5.58. The van der Waals surface area contributed by atoms with Gasteiger partial charge < -0.3 is 4.90 Å². The Morgan fingerprint density at radius 3 is 2.35 bits per heavy atom. The molecule has 0 N–H and O–H groups in total. The molecule has 0 unspecified atom stereocenters. The molecule has 108 valence electrons. The molecule has 20 heavy (non-hydrogen) atoms. The molecule has 1 nitrogen and oxygen atoms in total. The van der Waals surface area contributed by atoms with Gasteiger partial charge in [0.1, 0.15) is 0 Å². The fraction of sp³-hybridized carbons (Fsp3) is 0.474. The van der Waals surface area contributed by atoms with Gasteiger partial charge in [0.15, 0.2) is 0 Å². The third-order valence-corrected chi connectivity index (χ3v) is 4.10. The molecule has 1 heterocycles. The van der Waals surface area contributed by atoms with Gasteiger partial charge in [0.25, 0.3) is 0 Å². The minimum absolute atomic E-state index is 1.00. The fourth-order valence-corrected chi connectivity index (χ4v) is 2.95. The van der Waals surface area contributed by atoms with Gasteiger partial charge in [-0.05, 0) is 36.8 Å². The number of benzene rings is 1. The van der Waals surface area contributed by atoms with E-state index >= 15 is 0 Å². The maximum Gasteiger partial charge on any atom is 0.0472 e. The zero-order valence-corrected chi connectivity index (χ0v) is 13.2. The molecule has 0 aliphatic carbocycles. The molecule has 1 aliphatic rings. The SMILES string of the molecule is CCCC1=C(CC)CC(CC)=CN1Cc1ccccc1. The Kier molecular flexibility index (Phi) is 5.46. The van der Waals surface area contributed by atoms with Crippen LogP contribution in [0.1, 0.15) is 58.4 Å². The second kappa shape index (κ2) is 7.33. The van der Waals surface area contributed by atoms with Gasteiger partial charge in [-0.3, -0.25) is 0 Å². The van der Waals surface area contributed by atoms with E-state index in [0.717, 1.165) is 13.0 Å². The van der Waals surface area contributed by atoms with Crippen LogP contribution in [0.4, 0.5) is 0 Å². The van der Waals surface area contributed by atoms with Crippen molar-refractivity contribution in [2.45, 2.75) is 59.4 Å². The molecule has 0 fully saturated rings. The minimum atomic E-state index is 1.00. The number of hydrogen-bond donors (Lipinski definition) is 0. The van der Waals surface area contributed by atoms with Crippen molar-refractivity contribution in [2.24, 2.45) is 0 Å². The molecule has 0 radical (unpaired) electrons. The highest BCUT2D eigenvalue weighted by Crippen LogP contribution is 2.32. The van der Waals surface area contributed by atoms with Crippen molar-refractivity contribution in [3.05, 3.63) is 58.9 Å². The molecule has 0 aromatic heterocycles. The molecular formula is C19H27N. The lowest BCUT2D eigenvalue weighted by atomic mass is 9.94. The van der Waals surface area contributed by atoms with Crippen molar-refractivity contribution in [3.8, 4) is 0 Å². The van der Waals surface area contributed by atoms with Gasteiger partial charge in [-0.2, -0.15) is 0 Å². The van der Waals surface area contributed by atoms with Gasteiger partial charge in [0.05, 0.1) is 0 Å². The quantitative estimate of drug-likeness (QED) is 0.645. The first-order chi connectivity index (χ1) is 9.78. The molecule has 0 saturated heterocycles. The molecule has 0 saturated carbocycles. The van der Waals surface area contributed by atoms with Crippen LogP contribution < -0.4 is 0 Å². The van der Waals surface area contributed by atoms with Crippen molar-refractivity contribution < 1.29 is 0 Å². The number of allylic oxidation sites excluding steroid dienone is 3. The summed E-state index contributed by atoms with van der Waals surface area (Å²) in [5.74, 6) is 0. The highest BCUT2D eigenvalue weighted by Gasteiger charge is 2.18. The van der Waals surface area contributed by atoms with Crippen LogP contribution in [-0.4, -0.2) is 4.90 Å². The van der Waals surface area contributed by atoms with Crippen LogP contribution in [0.25, 0.3) is 0 Å². The van der Waals surface area contributed by atoms with Crippen LogP contribution in [0, 0.1) is 0 Å². The lowest BCUT2D eigenvalue weighted by Gasteiger charge is -2.32. The third-order valence-electron chi connectivity index (χ3n) is 4.10. The molecule has 1 aromatic rings. The van der Waals surface area contributed by atoms with Crippen molar-refractivity contribution >= 4 is 0 Å². The van der Waals surface area contributed by atoms with E-state index in [9.17, 15) is 0 Å². The Morgan fingerprint density at radius 1 is 1.00 bits per heavy atom. The molecule has 1 aliphatic heterocycles. The van der Waals surface area contributed by atoms with Gasteiger partial charge in [-0.15, -0.1) is 0 Å². The predicted octanol–water partition coefficient (Wildman–Crippen LogP) is 5.65. The summed E-state index contributed by atoms with van der Waals surface area (Å²) in [6, 6.07) is 10.8. The maximum atomic E-state index is 2.50. The standard InChI is InChI=1S/C19H27N/c1-4-10-19-18(6-3)13-16(5-2)14-20(19)15-17-11-8-7-9-12-17/h7-9,11-12,14H,4-6,10,13,15H2,1-3H3. The predicted molar refractivity (Wildman–Crippen MR) is 87.2 cm³/mol. The summed E-state index contributed by atoms with van der Waals surface area (Å²) in [5.41, 5.74) is 6.17. The Balaban J connectivity index is 2.26. The normalized spacial score (nSPS) is 15.6. The van der Waals surface area contributed by atoms with Gasteiger partial charge in [-0.25, -0.2) is 0 Å². The fourth-order valence-electron chi connectivity index (χ4n) is 2.95. The first-order valence-electron chi connectivity index (χ1n) is 7.99. The van der Waals surface area contributed by atoms with E-state index < -0.39 is 0 Å².